The summed E-state index contributed by atoms with van der Waals surface area (Å²) in [7, 11) is 1.70. The highest BCUT2D eigenvalue weighted by molar-refractivity contribution is 5.85. The molecule has 1 aromatic heterocycles. The Morgan fingerprint density at radius 1 is 1.04 bits per heavy atom. The number of nitrogens with one attached hydrogen (secondary N) is 2. The largest absolute Gasteiger partial charge is 0.496 e. The molecule has 1 heterocycles. The molecule has 0 aliphatic carbocycles. The van der Waals surface area contributed by atoms with Gasteiger partial charge in [-0.25, -0.2) is 0 Å². The molecule has 136 valence electrons. The maximum absolute atomic E-state index is 6.28. The van der Waals surface area contributed by atoms with Gasteiger partial charge in [-0.05, 0) is 24.1 Å². The van der Waals surface area contributed by atoms with Crippen molar-refractivity contribution < 1.29 is 4.74 Å². The average molecular weight is 382 g/mol. The number of para-hydroxylation sites is 2. The summed E-state index contributed by atoms with van der Waals surface area (Å²) in [4.78, 5) is 3.30. The van der Waals surface area contributed by atoms with Crippen LogP contribution in [-0.2, 0) is 13.0 Å². The molecule has 0 saturated heterocycles. The van der Waals surface area contributed by atoms with E-state index < -0.39 is 0 Å². The molecule has 6 heteroatoms. The third-order valence-electron chi connectivity index (χ3n) is 4.07. The van der Waals surface area contributed by atoms with Gasteiger partial charge in [-0.1, -0.05) is 36.4 Å². The van der Waals surface area contributed by atoms with E-state index in [1.54, 1.807) is 7.11 Å². The maximum atomic E-state index is 6.28. The Hall–Kier alpha value is -1.72. The minimum atomic E-state index is 0. The number of aromatic nitrogens is 1. The SMILES string of the molecule is COc1ccccc1CNCC(N)Cc1c[nH]c2ccccc12.Cl.Cl. The van der Waals surface area contributed by atoms with Gasteiger partial charge in [0.25, 0.3) is 0 Å². The van der Waals surface area contributed by atoms with Gasteiger partial charge >= 0.3 is 0 Å². The molecule has 1 atom stereocenters. The Kier molecular flexibility index (Phi) is 8.79. The third kappa shape index (κ3) is 5.38. The number of nitrogens with two attached hydrogens (primary N) is 1. The minimum Gasteiger partial charge on any atom is -0.496 e. The van der Waals surface area contributed by atoms with Crippen molar-refractivity contribution in [1.29, 1.82) is 0 Å². The molecule has 4 N–H and O–H groups in total. The van der Waals surface area contributed by atoms with E-state index >= 15 is 0 Å². The van der Waals surface area contributed by atoms with E-state index in [0.717, 1.165) is 36.3 Å². The lowest BCUT2D eigenvalue weighted by Crippen LogP contribution is -2.35. The maximum Gasteiger partial charge on any atom is 0.123 e. The van der Waals surface area contributed by atoms with Crippen LogP contribution >= 0.6 is 24.8 Å². The molecule has 0 amide bonds. The number of hydrogen-bond donors (Lipinski definition) is 3. The lowest BCUT2D eigenvalue weighted by atomic mass is 10.1. The van der Waals surface area contributed by atoms with Crippen LogP contribution in [0, 0.1) is 0 Å². The topological polar surface area (TPSA) is 63.1 Å². The van der Waals surface area contributed by atoms with Gasteiger partial charge in [0.05, 0.1) is 7.11 Å². The predicted octanol–water partition coefficient (Wildman–Crippen LogP) is 3.68. The highest BCUT2D eigenvalue weighted by atomic mass is 35.5. The molecule has 3 aromatic rings. The van der Waals surface area contributed by atoms with Crippen LogP contribution in [0.4, 0.5) is 0 Å². The number of H-pyrrole nitrogens is 1. The summed E-state index contributed by atoms with van der Waals surface area (Å²) in [6, 6.07) is 16.4. The number of aromatic amines is 1. The number of methoxy groups -OCH3 is 1. The summed E-state index contributed by atoms with van der Waals surface area (Å²) in [6.07, 6.45) is 2.91. The molecule has 4 nitrogen and oxygen atoms in total. The zero-order chi connectivity index (χ0) is 16.1. The quantitative estimate of drug-likeness (QED) is 0.584. The molecule has 0 bridgehead atoms. The van der Waals surface area contributed by atoms with Crippen LogP contribution in [-0.4, -0.2) is 24.7 Å². The Bertz CT molecular complexity index is 776. The lowest BCUT2D eigenvalue weighted by molar-refractivity contribution is 0.407. The van der Waals surface area contributed by atoms with Crippen LogP contribution in [0.15, 0.2) is 54.7 Å². The first-order valence-corrected chi connectivity index (χ1v) is 7.91. The molecule has 0 fully saturated rings. The van der Waals surface area contributed by atoms with E-state index in [9.17, 15) is 0 Å². The van der Waals surface area contributed by atoms with Gasteiger partial charge < -0.3 is 20.8 Å². The Morgan fingerprint density at radius 3 is 2.56 bits per heavy atom. The van der Waals surface area contributed by atoms with Gasteiger partial charge in [-0.3, -0.25) is 0 Å². The zero-order valence-electron chi connectivity index (χ0n) is 14.2. The van der Waals surface area contributed by atoms with Crippen molar-refractivity contribution >= 4 is 35.7 Å². The summed E-state index contributed by atoms with van der Waals surface area (Å²) >= 11 is 0. The fourth-order valence-electron chi connectivity index (χ4n) is 2.90. The summed E-state index contributed by atoms with van der Waals surface area (Å²) in [5.41, 5.74) is 9.86. The van der Waals surface area contributed by atoms with E-state index in [-0.39, 0.29) is 30.9 Å². The van der Waals surface area contributed by atoms with Crippen LogP contribution in [0.3, 0.4) is 0 Å². The van der Waals surface area contributed by atoms with Crippen molar-refractivity contribution in [1.82, 2.24) is 10.3 Å². The molecule has 2 aromatic carbocycles. The lowest BCUT2D eigenvalue weighted by Gasteiger charge is -2.14. The first-order valence-electron chi connectivity index (χ1n) is 7.91. The van der Waals surface area contributed by atoms with Crippen molar-refractivity contribution in [3.05, 3.63) is 65.9 Å². The van der Waals surface area contributed by atoms with E-state index in [0.29, 0.717) is 0 Å². The monoisotopic (exact) mass is 381 g/mol. The van der Waals surface area contributed by atoms with Crippen molar-refractivity contribution in [3.63, 3.8) is 0 Å². The molecular formula is C19H25Cl2N3O. The van der Waals surface area contributed by atoms with Crippen LogP contribution < -0.4 is 15.8 Å². The van der Waals surface area contributed by atoms with Crippen LogP contribution in [0.25, 0.3) is 10.9 Å². The molecule has 0 spiro atoms. The number of hydrogen-bond acceptors (Lipinski definition) is 3. The predicted molar refractivity (Wildman–Crippen MR) is 109 cm³/mol. The highest BCUT2D eigenvalue weighted by Crippen LogP contribution is 2.19. The summed E-state index contributed by atoms with van der Waals surface area (Å²) in [5, 5.41) is 4.68. The first kappa shape index (κ1) is 21.3. The molecule has 0 saturated carbocycles. The first-order chi connectivity index (χ1) is 11.3. The molecule has 0 aliphatic heterocycles. The average Bonchev–Trinajstić information content (AvgIpc) is 2.98. The van der Waals surface area contributed by atoms with Gasteiger partial charge in [0.2, 0.25) is 0 Å². The standard InChI is InChI=1S/C19H23N3O.2ClH/c1-23-19-9-5-2-6-14(19)11-21-13-16(20)10-15-12-22-18-8-4-3-7-17(15)18;;/h2-9,12,16,21-22H,10-11,13,20H2,1H3;2*1H. The molecule has 25 heavy (non-hydrogen) atoms. The summed E-state index contributed by atoms with van der Waals surface area (Å²) in [6.45, 7) is 1.52. The van der Waals surface area contributed by atoms with Gasteiger partial charge in [0.1, 0.15) is 5.75 Å². The fourth-order valence-corrected chi connectivity index (χ4v) is 2.90. The highest BCUT2D eigenvalue weighted by Gasteiger charge is 2.09. The number of halogens is 2. The second kappa shape index (κ2) is 10.3. The van der Waals surface area contributed by atoms with Crippen LogP contribution in [0.1, 0.15) is 11.1 Å². The molecule has 0 aliphatic rings. The Balaban J connectivity index is 0.00000156. The van der Waals surface area contributed by atoms with Crippen molar-refractivity contribution in [2.24, 2.45) is 5.73 Å². The number of benzene rings is 2. The summed E-state index contributed by atoms with van der Waals surface area (Å²) < 4.78 is 5.36. The number of rotatable bonds is 7. The Morgan fingerprint density at radius 2 is 1.76 bits per heavy atom. The summed E-state index contributed by atoms with van der Waals surface area (Å²) in [5.74, 6) is 0.908. The van der Waals surface area contributed by atoms with Gasteiger partial charge in [0, 0.05) is 41.8 Å². The number of ether oxygens (including phenoxy) is 1. The minimum absolute atomic E-state index is 0. The Labute approximate surface area is 161 Å². The van der Waals surface area contributed by atoms with Gasteiger partial charge in [0.15, 0.2) is 0 Å². The van der Waals surface area contributed by atoms with Gasteiger partial charge in [-0.2, -0.15) is 0 Å². The van der Waals surface area contributed by atoms with Crippen molar-refractivity contribution in [2.75, 3.05) is 13.7 Å². The van der Waals surface area contributed by atoms with Crippen molar-refractivity contribution in [3.8, 4) is 5.75 Å². The van der Waals surface area contributed by atoms with Crippen LogP contribution in [0.2, 0.25) is 0 Å². The van der Waals surface area contributed by atoms with E-state index in [2.05, 4.69) is 40.8 Å². The molecule has 0 radical (unpaired) electrons. The second-order valence-electron chi connectivity index (χ2n) is 5.77. The zero-order valence-corrected chi connectivity index (χ0v) is 15.8. The second-order valence-corrected chi connectivity index (χ2v) is 5.77. The molecule has 3 rings (SSSR count). The number of fused-ring (bicyclic) bond motifs is 1. The normalized spacial score (nSPS) is 11.4. The van der Waals surface area contributed by atoms with Crippen LogP contribution in [0.5, 0.6) is 5.75 Å². The molecular weight excluding hydrogens is 357 g/mol. The smallest absolute Gasteiger partial charge is 0.123 e. The van der Waals surface area contributed by atoms with Gasteiger partial charge in [-0.15, -0.1) is 24.8 Å². The molecule has 1 unspecified atom stereocenters. The van der Waals surface area contributed by atoms with E-state index in [1.165, 1.54) is 10.9 Å². The van der Waals surface area contributed by atoms with E-state index in [4.69, 9.17) is 10.5 Å². The van der Waals surface area contributed by atoms with E-state index in [1.807, 2.05) is 24.3 Å². The third-order valence-corrected chi connectivity index (χ3v) is 4.07. The van der Waals surface area contributed by atoms with Crippen molar-refractivity contribution in [2.45, 2.75) is 19.0 Å². The fraction of sp³-hybridized carbons (Fsp3) is 0.263.